The van der Waals surface area contributed by atoms with Gasteiger partial charge in [0, 0.05) is 0 Å². The Hall–Kier alpha value is -0.260. The molecule has 0 amide bonds. The largest absolute Gasteiger partial charge is 0.0848 e. The van der Waals surface area contributed by atoms with Crippen LogP contribution in [0.1, 0.15) is 33.1 Å². The fraction of sp³-hybridized carbons (Fsp3) is 0.818. The summed E-state index contributed by atoms with van der Waals surface area (Å²) in [5.41, 5.74) is 0. The average molecular weight is 150 g/mol. The molecule has 0 aromatic heterocycles. The summed E-state index contributed by atoms with van der Waals surface area (Å²) in [7, 11) is 0. The third kappa shape index (κ3) is 0.953. The molecule has 0 aliphatic heterocycles. The molecule has 1 fully saturated rings. The normalized spacial score (nSPS) is 47.1. The van der Waals surface area contributed by atoms with Crippen molar-refractivity contribution in [3.8, 4) is 0 Å². The van der Waals surface area contributed by atoms with Crippen LogP contribution in [0.15, 0.2) is 12.2 Å². The van der Waals surface area contributed by atoms with Crippen molar-refractivity contribution >= 4 is 0 Å². The van der Waals surface area contributed by atoms with E-state index in [1.807, 2.05) is 0 Å². The minimum atomic E-state index is 0.954. The Balaban J connectivity index is 2.15. The van der Waals surface area contributed by atoms with E-state index >= 15 is 0 Å². The molecular weight excluding hydrogens is 132 g/mol. The van der Waals surface area contributed by atoms with Crippen molar-refractivity contribution in [2.45, 2.75) is 33.1 Å². The molecule has 0 saturated heterocycles. The van der Waals surface area contributed by atoms with Crippen LogP contribution in [0.3, 0.4) is 0 Å². The molecule has 0 heterocycles. The standard InChI is InChI=1S/C11H18/c1-3-10-8-5-6-9(7-8)11(10)4-2/h5-6,8-11H,3-4,7H2,1-2H3/t8-,9-,10-,11-/m1/s1. The zero-order chi connectivity index (χ0) is 7.84. The second-order valence-corrected chi connectivity index (χ2v) is 4.09. The highest BCUT2D eigenvalue weighted by molar-refractivity contribution is 5.12. The van der Waals surface area contributed by atoms with E-state index in [9.17, 15) is 0 Å². The molecule has 2 aliphatic rings. The van der Waals surface area contributed by atoms with Crippen LogP contribution < -0.4 is 0 Å². The third-order valence-corrected chi connectivity index (χ3v) is 3.74. The quantitative estimate of drug-likeness (QED) is 0.530. The lowest BCUT2D eigenvalue weighted by molar-refractivity contribution is 0.292. The van der Waals surface area contributed by atoms with Crippen molar-refractivity contribution in [2.75, 3.05) is 0 Å². The Morgan fingerprint density at radius 3 is 1.82 bits per heavy atom. The average Bonchev–Trinajstić information content (AvgIpc) is 2.60. The molecule has 2 aliphatic carbocycles. The molecule has 0 heteroatoms. The maximum atomic E-state index is 2.46. The lowest BCUT2D eigenvalue weighted by Gasteiger charge is -2.25. The predicted octanol–water partition coefficient (Wildman–Crippen LogP) is 3.24. The molecule has 0 radical (unpaired) electrons. The van der Waals surface area contributed by atoms with Gasteiger partial charge in [-0.1, -0.05) is 38.8 Å². The number of hydrogen-bond donors (Lipinski definition) is 0. The first-order valence-corrected chi connectivity index (χ1v) is 5.05. The Morgan fingerprint density at radius 1 is 1.00 bits per heavy atom. The summed E-state index contributed by atoms with van der Waals surface area (Å²) in [6.45, 7) is 4.70. The number of hydrogen-bond acceptors (Lipinski definition) is 0. The Morgan fingerprint density at radius 2 is 1.45 bits per heavy atom. The summed E-state index contributed by atoms with van der Waals surface area (Å²) in [6, 6.07) is 0. The minimum absolute atomic E-state index is 0.954. The van der Waals surface area contributed by atoms with Gasteiger partial charge in [-0.2, -0.15) is 0 Å². The van der Waals surface area contributed by atoms with E-state index in [1.165, 1.54) is 19.3 Å². The lowest BCUT2D eigenvalue weighted by atomic mass is 9.80. The minimum Gasteiger partial charge on any atom is -0.0848 e. The second-order valence-electron chi connectivity index (χ2n) is 4.09. The molecule has 11 heavy (non-hydrogen) atoms. The van der Waals surface area contributed by atoms with Crippen LogP contribution in [0.5, 0.6) is 0 Å². The van der Waals surface area contributed by atoms with Gasteiger partial charge in [0.05, 0.1) is 0 Å². The summed E-state index contributed by atoms with van der Waals surface area (Å²) in [4.78, 5) is 0. The maximum absolute atomic E-state index is 2.46. The molecule has 0 spiro atoms. The van der Waals surface area contributed by atoms with Crippen LogP contribution in [0, 0.1) is 23.7 Å². The maximum Gasteiger partial charge on any atom is -0.0197 e. The zero-order valence-corrected chi connectivity index (χ0v) is 7.59. The van der Waals surface area contributed by atoms with Crippen LogP contribution in [0.2, 0.25) is 0 Å². The van der Waals surface area contributed by atoms with Crippen molar-refractivity contribution in [3.63, 3.8) is 0 Å². The second kappa shape index (κ2) is 2.66. The van der Waals surface area contributed by atoms with E-state index < -0.39 is 0 Å². The van der Waals surface area contributed by atoms with E-state index in [-0.39, 0.29) is 0 Å². The first-order chi connectivity index (χ1) is 5.36. The molecule has 2 rings (SSSR count). The van der Waals surface area contributed by atoms with E-state index in [4.69, 9.17) is 0 Å². The Labute approximate surface area is 69.7 Å². The van der Waals surface area contributed by atoms with Crippen molar-refractivity contribution in [1.29, 1.82) is 0 Å². The summed E-state index contributed by atoms with van der Waals surface area (Å²) in [5, 5.41) is 0. The van der Waals surface area contributed by atoms with Crippen molar-refractivity contribution in [1.82, 2.24) is 0 Å². The monoisotopic (exact) mass is 150 g/mol. The van der Waals surface area contributed by atoms with Gasteiger partial charge < -0.3 is 0 Å². The summed E-state index contributed by atoms with van der Waals surface area (Å²) < 4.78 is 0. The molecule has 1 saturated carbocycles. The highest BCUT2D eigenvalue weighted by Gasteiger charge is 2.41. The Kier molecular flexibility index (Phi) is 1.78. The predicted molar refractivity (Wildman–Crippen MR) is 48.3 cm³/mol. The van der Waals surface area contributed by atoms with Gasteiger partial charge >= 0.3 is 0 Å². The summed E-state index contributed by atoms with van der Waals surface area (Å²) in [6.07, 6.45) is 9.18. The van der Waals surface area contributed by atoms with Gasteiger partial charge in [0.1, 0.15) is 0 Å². The highest BCUT2D eigenvalue weighted by atomic mass is 14.5. The number of rotatable bonds is 2. The van der Waals surface area contributed by atoms with E-state index in [2.05, 4.69) is 26.0 Å². The number of allylic oxidation sites excluding steroid dienone is 2. The molecule has 0 unspecified atom stereocenters. The van der Waals surface area contributed by atoms with Crippen molar-refractivity contribution < 1.29 is 0 Å². The first-order valence-electron chi connectivity index (χ1n) is 5.05. The van der Waals surface area contributed by atoms with Crippen LogP contribution in [-0.2, 0) is 0 Å². The molecule has 62 valence electrons. The molecule has 0 nitrogen and oxygen atoms in total. The van der Waals surface area contributed by atoms with Gasteiger partial charge in [-0.25, -0.2) is 0 Å². The van der Waals surface area contributed by atoms with Gasteiger partial charge in [-0.3, -0.25) is 0 Å². The van der Waals surface area contributed by atoms with Gasteiger partial charge in [0.25, 0.3) is 0 Å². The van der Waals surface area contributed by atoms with Crippen LogP contribution in [0.25, 0.3) is 0 Å². The van der Waals surface area contributed by atoms with E-state index in [0.29, 0.717) is 0 Å². The topological polar surface area (TPSA) is 0 Å². The van der Waals surface area contributed by atoms with Crippen molar-refractivity contribution in [3.05, 3.63) is 12.2 Å². The summed E-state index contributed by atoms with van der Waals surface area (Å²) in [5.74, 6) is 3.95. The molecule has 2 bridgehead atoms. The zero-order valence-electron chi connectivity index (χ0n) is 7.59. The van der Waals surface area contributed by atoms with Gasteiger partial charge in [0.15, 0.2) is 0 Å². The van der Waals surface area contributed by atoms with Crippen LogP contribution in [-0.4, -0.2) is 0 Å². The highest BCUT2D eigenvalue weighted by Crippen LogP contribution is 2.50. The molecule has 0 N–H and O–H groups in total. The van der Waals surface area contributed by atoms with Gasteiger partial charge in [-0.15, -0.1) is 0 Å². The third-order valence-electron chi connectivity index (χ3n) is 3.74. The van der Waals surface area contributed by atoms with Gasteiger partial charge in [0.2, 0.25) is 0 Å². The fourth-order valence-corrected chi connectivity index (χ4v) is 3.24. The smallest absolute Gasteiger partial charge is 0.0197 e. The van der Waals surface area contributed by atoms with E-state index in [1.54, 1.807) is 0 Å². The lowest BCUT2D eigenvalue weighted by Crippen LogP contribution is -2.17. The molecule has 0 aromatic carbocycles. The van der Waals surface area contributed by atoms with E-state index in [0.717, 1.165) is 23.7 Å². The Bertz CT molecular complexity index is 151. The molecule has 4 atom stereocenters. The molecular formula is C11H18. The van der Waals surface area contributed by atoms with Crippen molar-refractivity contribution in [2.24, 2.45) is 23.7 Å². The van der Waals surface area contributed by atoms with Crippen LogP contribution in [0.4, 0.5) is 0 Å². The first kappa shape index (κ1) is 7.39. The fourth-order valence-electron chi connectivity index (χ4n) is 3.24. The van der Waals surface area contributed by atoms with Crippen LogP contribution >= 0.6 is 0 Å². The van der Waals surface area contributed by atoms with Gasteiger partial charge in [-0.05, 0) is 30.1 Å². The number of fused-ring (bicyclic) bond motifs is 2. The SMILES string of the molecule is CC[C@H]1[C@H](CC)[C@@H]2C=C[C@@H]1C2. The summed E-state index contributed by atoms with van der Waals surface area (Å²) >= 11 is 0. The molecule has 0 aromatic rings.